The van der Waals surface area contributed by atoms with Crippen molar-refractivity contribution < 1.29 is 19.2 Å². The average molecular weight is 418 g/mol. The molecule has 0 radical (unpaired) electrons. The Morgan fingerprint density at radius 1 is 1.16 bits per heavy atom. The summed E-state index contributed by atoms with van der Waals surface area (Å²) in [5.74, 6) is -0.354. The van der Waals surface area contributed by atoms with Gasteiger partial charge in [-0.25, -0.2) is 0 Å². The molecule has 0 spiro atoms. The van der Waals surface area contributed by atoms with E-state index in [4.69, 9.17) is 4.74 Å². The lowest BCUT2D eigenvalue weighted by atomic mass is 9.71. The summed E-state index contributed by atoms with van der Waals surface area (Å²) in [6.07, 6.45) is 4.92. The number of nitro benzene ring substituents is 1. The average Bonchev–Trinajstić information content (AvgIpc) is 2.99. The molecule has 0 saturated carbocycles. The van der Waals surface area contributed by atoms with Gasteiger partial charge in [-0.15, -0.1) is 0 Å². The highest BCUT2D eigenvalue weighted by Crippen LogP contribution is 2.49. The van der Waals surface area contributed by atoms with E-state index in [1.807, 2.05) is 18.2 Å². The van der Waals surface area contributed by atoms with E-state index in [0.29, 0.717) is 42.2 Å². The molecule has 1 unspecified atom stereocenters. The first kappa shape index (κ1) is 20.7. The molecule has 7 heteroatoms. The number of Topliss-reactive ketones (excluding diaryl/α,β-unsaturated/α-hetero) is 1. The Kier molecular flexibility index (Phi) is 5.50. The number of non-ortho nitro benzene ring substituents is 1. The lowest BCUT2D eigenvalue weighted by Gasteiger charge is -2.29. The van der Waals surface area contributed by atoms with E-state index in [9.17, 15) is 19.7 Å². The standard InChI is InChI=1S/C24H22N2O5/c1-2-31-21(27)7-4-12-24(15-16-10-13-25-14-11-16)19-6-3-5-17-20(26(29)30)9-8-18(22(17)19)23(24)28/h3,5-6,8-11,13-14H,2,4,7,12,15H2,1H3. The van der Waals surface area contributed by atoms with Gasteiger partial charge in [0.2, 0.25) is 0 Å². The molecular weight excluding hydrogens is 396 g/mol. The Labute approximate surface area is 179 Å². The predicted octanol–water partition coefficient (Wildman–Crippen LogP) is 4.55. The van der Waals surface area contributed by atoms with Crippen LogP contribution in [0.25, 0.3) is 10.8 Å². The molecule has 0 N–H and O–H groups in total. The Morgan fingerprint density at radius 3 is 2.65 bits per heavy atom. The number of benzene rings is 2. The minimum absolute atomic E-state index is 0.0142. The first-order chi connectivity index (χ1) is 15.0. The van der Waals surface area contributed by atoms with Gasteiger partial charge < -0.3 is 4.74 Å². The molecule has 1 aliphatic carbocycles. The third-order valence-corrected chi connectivity index (χ3v) is 5.95. The number of esters is 1. The zero-order chi connectivity index (χ0) is 22.0. The SMILES string of the molecule is CCOC(=O)CCCC1(Cc2ccncc2)C(=O)c2ccc([N+](=O)[O-])c3cccc1c23. The molecule has 2 aromatic carbocycles. The van der Waals surface area contributed by atoms with Crippen LogP contribution in [0.1, 0.15) is 47.7 Å². The maximum atomic E-state index is 13.8. The molecule has 3 aromatic rings. The molecule has 1 heterocycles. The van der Waals surface area contributed by atoms with E-state index in [0.717, 1.165) is 11.1 Å². The number of carbonyl (C=O) groups is 2. The molecule has 158 valence electrons. The number of nitrogens with zero attached hydrogens (tertiary/aromatic N) is 2. The van der Waals surface area contributed by atoms with Gasteiger partial charge >= 0.3 is 5.97 Å². The first-order valence-corrected chi connectivity index (χ1v) is 10.3. The largest absolute Gasteiger partial charge is 0.466 e. The number of ether oxygens (including phenoxy) is 1. The van der Waals surface area contributed by atoms with Gasteiger partial charge in [-0.05, 0) is 61.6 Å². The molecular formula is C24H22N2O5. The molecule has 0 fully saturated rings. The third kappa shape index (κ3) is 3.56. The second kappa shape index (κ2) is 8.26. The number of pyridine rings is 1. The van der Waals surface area contributed by atoms with Crippen LogP contribution in [0.2, 0.25) is 0 Å². The first-order valence-electron chi connectivity index (χ1n) is 10.3. The molecule has 7 nitrogen and oxygen atoms in total. The minimum Gasteiger partial charge on any atom is -0.466 e. The van der Waals surface area contributed by atoms with E-state index in [1.165, 1.54) is 6.07 Å². The van der Waals surface area contributed by atoms with Crippen molar-refractivity contribution >= 4 is 28.2 Å². The summed E-state index contributed by atoms with van der Waals surface area (Å²) in [5, 5.41) is 12.7. The molecule has 31 heavy (non-hydrogen) atoms. The van der Waals surface area contributed by atoms with Crippen LogP contribution >= 0.6 is 0 Å². The number of carbonyl (C=O) groups excluding carboxylic acids is 2. The number of hydrogen-bond donors (Lipinski definition) is 0. The fourth-order valence-corrected chi connectivity index (χ4v) is 4.65. The molecule has 0 saturated heterocycles. The summed E-state index contributed by atoms with van der Waals surface area (Å²) < 4.78 is 5.04. The van der Waals surface area contributed by atoms with Crippen LogP contribution in [0.15, 0.2) is 54.9 Å². The van der Waals surface area contributed by atoms with Gasteiger partial charge in [0.25, 0.3) is 5.69 Å². The van der Waals surface area contributed by atoms with E-state index in [2.05, 4.69) is 4.98 Å². The van der Waals surface area contributed by atoms with Gasteiger partial charge in [-0.3, -0.25) is 24.7 Å². The Bertz CT molecular complexity index is 1180. The Morgan fingerprint density at radius 2 is 1.94 bits per heavy atom. The van der Waals surface area contributed by atoms with Crippen LogP contribution in [-0.2, 0) is 21.4 Å². The van der Waals surface area contributed by atoms with E-state index < -0.39 is 10.3 Å². The predicted molar refractivity (Wildman–Crippen MR) is 115 cm³/mol. The van der Waals surface area contributed by atoms with Crippen molar-refractivity contribution in [2.45, 2.75) is 38.0 Å². The molecule has 0 bridgehead atoms. The fourth-order valence-electron chi connectivity index (χ4n) is 4.65. The van der Waals surface area contributed by atoms with Gasteiger partial charge in [0.1, 0.15) is 0 Å². The van der Waals surface area contributed by atoms with Crippen LogP contribution in [0, 0.1) is 10.1 Å². The zero-order valence-corrected chi connectivity index (χ0v) is 17.2. The highest BCUT2D eigenvalue weighted by molar-refractivity contribution is 6.21. The smallest absolute Gasteiger partial charge is 0.305 e. The highest BCUT2D eigenvalue weighted by Gasteiger charge is 2.47. The third-order valence-electron chi connectivity index (χ3n) is 5.95. The van der Waals surface area contributed by atoms with Crippen LogP contribution in [0.4, 0.5) is 5.69 Å². The van der Waals surface area contributed by atoms with Crippen molar-refractivity contribution in [2.75, 3.05) is 6.61 Å². The number of ketones is 1. The maximum Gasteiger partial charge on any atom is 0.305 e. The molecule has 1 atom stereocenters. The number of hydrogen-bond acceptors (Lipinski definition) is 6. The fraction of sp³-hybridized carbons (Fsp3) is 0.292. The summed E-state index contributed by atoms with van der Waals surface area (Å²) in [5.41, 5.74) is 1.32. The monoisotopic (exact) mass is 418 g/mol. The molecule has 0 amide bonds. The number of rotatable bonds is 8. The number of aromatic nitrogens is 1. The molecule has 0 aliphatic heterocycles. The van der Waals surface area contributed by atoms with Crippen molar-refractivity contribution in [3.05, 3.63) is 81.7 Å². The van der Waals surface area contributed by atoms with E-state index in [1.54, 1.807) is 37.5 Å². The topological polar surface area (TPSA) is 99.4 Å². The summed E-state index contributed by atoms with van der Waals surface area (Å²) in [4.78, 5) is 40.9. The lowest BCUT2D eigenvalue weighted by molar-refractivity contribution is -0.383. The normalized spacial score (nSPS) is 17.1. The minimum atomic E-state index is -0.898. The van der Waals surface area contributed by atoms with Crippen LogP contribution in [0.3, 0.4) is 0 Å². The van der Waals surface area contributed by atoms with Crippen molar-refractivity contribution in [1.29, 1.82) is 0 Å². The summed E-state index contributed by atoms with van der Waals surface area (Å²) in [7, 11) is 0. The van der Waals surface area contributed by atoms with Crippen LogP contribution < -0.4 is 0 Å². The maximum absolute atomic E-state index is 13.8. The summed E-state index contributed by atoms with van der Waals surface area (Å²) >= 11 is 0. The van der Waals surface area contributed by atoms with Crippen molar-refractivity contribution in [2.24, 2.45) is 0 Å². The second-order valence-electron chi connectivity index (χ2n) is 7.72. The van der Waals surface area contributed by atoms with Gasteiger partial charge in [-0.2, -0.15) is 0 Å². The second-order valence-corrected chi connectivity index (χ2v) is 7.72. The summed E-state index contributed by atoms with van der Waals surface area (Å²) in [6.45, 7) is 2.07. The zero-order valence-electron chi connectivity index (χ0n) is 17.2. The number of nitro groups is 1. The highest BCUT2D eigenvalue weighted by atomic mass is 16.6. The van der Waals surface area contributed by atoms with Crippen molar-refractivity contribution in [3.8, 4) is 0 Å². The van der Waals surface area contributed by atoms with Gasteiger partial charge in [-0.1, -0.05) is 12.1 Å². The quantitative estimate of drug-likeness (QED) is 0.302. The van der Waals surface area contributed by atoms with Crippen LogP contribution in [-0.4, -0.2) is 28.3 Å². The van der Waals surface area contributed by atoms with Gasteiger partial charge in [0.05, 0.1) is 22.3 Å². The summed E-state index contributed by atoms with van der Waals surface area (Å²) in [6, 6.07) is 12.0. The lowest BCUT2D eigenvalue weighted by Crippen LogP contribution is -2.35. The molecule has 1 aromatic heterocycles. The van der Waals surface area contributed by atoms with Crippen molar-refractivity contribution in [3.63, 3.8) is 0 Å². The van der Waals surface area contributed by atoms with Gasteiger partial charge in [0.15, 0.2) is 5.78 Å². The van der Waals surface area contributed by atoms with Gasteiger partial charge in [0, 0.05) is 35.8 Å². The molecule has 1 aliphatic rings. The van der Waals surface area contributed by atoms with Crippen LogP contribution in [0.5, 0.6) is 0 Å². The molecule has 4 rings (SSSR count). The van der Waals surface area contributed by atoms with E-state index >= 15 is 0 Å². The Balaban J connectivity index is 1.82. The van der Waals surface area contributed by atoms with Crippen molar-refractivity contribution in [1.82, 2.24) is 4.98 Å². The Hall–Kier alpha value is -3.61. The van der Waals surface area contributed by atoms with E-state index in [-0.39, 0.29) is 23.9 Å².